The van der Waals surface area contributed by atoms with Crippen molar-refractivity contribution in [2.45, 2.75) is 38.5 Å². The summed E-state index contributed by atoms with van der Waals surface area (Å²) in [4.78, 5) is 19.2. The first-order valence-electron chi connectivity index (χ1n) is 10.5. The van der Waals surface area contributed by atoms with Gasteiger partial charge in [-0.1, -0.05) is 26.0 Å². The molecule has 3 aromatic rings. The average Bonchev–Trinajstić information content (AvgIpc) is 3.07. The highest BCUT2D eigenvalue weighted by Gasteiger charge is 2.23. The Labute approximate surface area is 184 Å². The summed E-state index contributed by atoms with van der Waals surface area (Å²) in [5.41, 5.74) is 3.42. The SMILES string of the molecule is CCN(CC)S(=O)(=O)c1ccc2c(c1)nc(CCC(=O)N(C)c1cccc(C)c1)n2C. The number of sulfonamides is 1. The molecular formula is C23H30N4O3S. The highest BCUT2D eigenvalue weighted by atomic mass is 32.2. The van der Waals surface area contributed by atoms with E-state index in [9.17, 15) is 13.2 Å². The van der Waals surface area contributed by atoms with Crippen molar-refractivity contribution in [2.75, 3.05) is 25.0 Å². The van der Waals surface area contributed by atoms with Crippen LogP contribution in [0.15, 0.2) is 47.4 Å². The number of amides is 1. The van der Waals surface area contributed by atoms with Crippen molar-refractivity contribution in [3.8, 4) is 0 Å². The number of rotatable bonds is 8. The predicted molar refractivity (Wildman–Crippen MR) is 124 cm³/mol. The van der Waals surface area contributed by atoms with Crippen LogP contribution in [-0.4, -0.2) is 48.3 Å². The molecular weight excluding hydrogens is 412 g/mol. The van der Waals surface area contributed by atoms with E-state index in [0.717, 1.165) is 22.6 Å². The molecule has 0 spiro atoms. The summed E-state index contributed by atoms with van der Waals surface area (Å²) in [5, 5.41) is 0. The maximum Gasteiger partial charge on any atom is 0.243 e. The average molecular weight is 443 g/mol. The van der Waals surface area contributed by atoms with E-state index < -0.39 is 10.0 Å². The molecule has 1 heterocycles. The zero-order chi connectivity index (χ0) is 22.8. The number of anilines is 1. The Morgan fingerprint density at radius 3 is 2.45 bits per heavy atom. The topological polar surface area (TPSA) is 75.5 Å². The number of benzene rings is 2. The van der Waals surface area contributed by atoms with Crippen LogP contribution in [0, 0.1) is 6.92 Å². The second-order valence-corrected chi connectivity index (χ2v) is 9.56. The number of hydrogen-bond donors (Lipinski definition) is 0. The van der Waals surface area contributed by atoms with Crippen LogP contribution < -0.4 is 4.90 Å². The van der Waals surface area contributed by atoms with Gasteiger partial charge in [-0.2, -0.15) is 4.31 Å². The third kappa shape index (κ3) is 4.65. The van der Waals surface area contributed by atoms with Gasteiger partial charge in [-0.3, -0.25) is 4.79 Å². The minimum Gasteiger partial charge on any atom is -0.331 e. The fourth-order valence-corrected chi connectivity index (χ4v) is 5.17. The number of nitrogens with zero attached hydrogens (tertiary/aromatic N) is 4. The highest BCUT2D eigenvalue weighted by Crippen LogP contribution is 2.23. The molecule has 3 rings (SSSR count). The van der Waals surface area contributed by atoms with E-state index >= 15 is 0 Å². The lowest BCUT2D eigenvalue weighted by Crippen LogP contribution is -2.30. The Morgan fingerprint density at radius 2 is 1.81 bits per heavy atom. The van der Waals surface area contributed by atoms with Crippen LogP contribution >= 0.6 is 0 Å². The third-order valence-corrected chi connectivity index (χ3v) is 7.66. The molecule has 166 valence electrons. The molecule has 8 heteroatoms. The molecule has 1 amide bonds. The van der Waals surface area contributed by atoms with Crippen molar-refractivity contribution >= 4 is 32.7 Å². The molecule has 0 aliphatic carbocycles. The van der Waals surface area contributed by atoms with Crippen LogP contribution in [0.3, 0.4) is 0 Å². The number of carbonyl (C=O) groups is 1. The number of carbonyl (C=O) groups excluding carboxylic acids is 1. The summed E-state index contributed by atoms with van der Waals surface area (Å²) in [6.45, 7) is 6.48. The summed E-state index contributed by atoms with van der Waals surface area (Å²) >= 11 is 0. The quantitative estimate of drug-likeness (QED) is 0.535. The van der Waals surface area contributed by atoms with Gasteiger partial charge in [0.2, 0.25) is 15.9 Å². The molecule has 0 aliphatic rings. The Morgan fingerprint density at radius 1 is 1.10 bits per heavy atom. The van der Waals surface area contributed by atoms with Gasteiger partial charge in [0.25, 0.3) is 0 Å². The Kier molecular flexibility index (Phi) is 6.81. The normalized spacial score (nSPS) is 11.9. The third-order valence-electron chi connectivity index (χ3n) is 5.61. The summed E-state index contributed by atoms with van der Waals surface area (Å²) in [6.07, 6.45) is 0.782. The second kappa shape index (κ2) is 9.20. The summed E-state index contributed by atoms with van der Waals surface area (Å²) < 4.78 is 29.0. The largest absolute Gasteiger partial charge is 0.331 e. The van der Waals surface area contributed by atoms with Crippen LogP contribution in [0.25, 0.3) is 11.0 Å². The smallest absolute Gasteiger partial charge is 0.243 e. The molecule has 1 aromatic heterocycles. The molecule has 0 saturated carbocycles. The monoisotopic (exact) mass is 442 g/mol. The van der Waals surface area contributed by atoms with Crippen molar-refractivity contribution in [1.82, 2.24) is 13.9 Å². The van der Waals surface area contributed by atoms with E-state index in [2.05, 4.69) is 4.98 Å². The molecule has 0 radical (unpaired) electrons. The van der Waals surface area contributed by atoms with Gasteiger partial charge in [0.15, 0.2) is 0 Å². The van der Waals surface area contributed by atoms with Crippen molar-refractivity contribution < 1.29 is 13.2 Å². The standard InChI is InChI=1S/C23H30N4O3S/c1-6-27(7-2)31(29,30)19-11-12-21-20(16-19)24-22(26(21)5)13-14-23(28)25(4)18-10-8-9-17(3)15-18/h8-12,15-16H,6-7,13-14H2,1-5H3. The lowest BCUT2D eigenvalue weighted by atomic mass is 10.2. The number of hydrogen-bond acceptors (Lipinski definition) is 4. The summed E-state index contributed by atoms with van der Waals surface area (Å²) in [6, 6.07) is 12.8. The van der Waals surface area contributed by atoms with Crippen LogP contribution in [0.2, 0.25) is 0 Å². The maximum absolute atomic E-state index is 12.8. The predicted octanol–water partition coefficient (Wildman–Crippen LogP) is 3.51. The van der Waals surface area contributed by atoms with Gasteiger partial charge in [0.05, 0.1) is 15.9 Å². The first-order valence-corrected chi connectivity index (χ1v) is 11.9. The molecule has 0 N–H and O–H groups in total. The van der Waals surface area contributed by atoms with E-state index in [0.29, 0.717) is 31.4 Å². The maximum atomic E-state index is 12.8. The molecule has 2 aromatic carbocycles. The van der Waals surface area contributed by atoms with Crippen LogP contribution in [0.1, 0.15) is 31.7 Å². The van der Waals surface area contributed by atoms with E-state index in [4.69, 9.17) is 0 Å². The molecule has 0 saturated heterocycles. The van der Waals surface area contributed by atoms with E-state index in [1.54, 1.807) is 30.1 Å². The van der Waals surface area contributed by atoms with E-state index in [-0.39, 0.29) is 10.8 Å². The molecule has 0 atom stereocenters. The van der Waals surface area contributed by atoms with Gasteiger partial charge < -0.3 is 9.47 Å². The van der Waals surface area contributed by atoms with E-state index in [1.807, 2.05) is 56.7 Å². The molecule has 0 unspecified atom stereocenters. The van der Waals surface area contributed by atoms with Gasteiger partial charge in [0, 0.05) is 45.7 Å². The van der Waals surface area contributed by atoms with E-state index in [1.165, 1.54) is 4.31 Å². The van der Waals surface area contributed by atoms with Gasteiger partial charge in [-0.15, -0.1) is 0 Å². The Bertz CT molecular complexity index is 1200. The lowest BCUT2D eigenvalue weighted by molar-refractivity contribution is -0.118. The number of aryl methyl sites for hydroxylation is 3. The number of fused-ring (bicyclic) bond motifs is 1. The fourth-order valence-electron chi connectivity index (χ4n) is 3.69. The van der Waals surface area contributed by atoms with Gasteiger partial charge in [-0.25, -0.2) is 13.4 Å². The Balaban J connectivity index is 1.80. The van der Waals surface area contributed by atoms with Crippen molar-refractivity contribution in [1.29, 1.82) is 0 Å². The minimum atomic E-state index is -3.54. The van der Waals surface area contributed by atoms with Gasteiger partial charge >= 0.3 is 0 Å². The molecule has 0 aliphatic heterocycles. The number of imidazole rings is 1. The zero-order valence-corrected chi connectivity index (χ0v) is 19.6. The summed E-state index contributed by atoms with van der Waals surface area (Å²) in [5.74, 6) is 0.751. The lowest BCUT2D eigenvalue weighted by Gasteiger charge is -2.18. The first-order chi connectivity index (χ1) is 14.7. The van der Waals surface area contributed by atoms with Crippen LogP contribution in [0.4, 0.5) is 5.69 Å². The number of aromatic nitrogens is 2. The van der Waals surface area contributed by atoms with Crippen molar-refractivity contribution in [3.05, 3.63) is 53.9 Å². The molecule has 0 bridgehead atoms. The molecule has 0 fully saturated rings. The Hall–Kier alpha value is -2.71. The molecule has 7 nitrogen and oxygen atoms in total. The fraction of sp³-hybridized carbons (Fsp3) is 0.391. The van der Waals surface area contributed by atoms with Crippen LogP contribution in [-0.2, 0) is 28.3 Å². The van der Waals surface area contributed by atoms with Crippen molar-refractivity contribution in [2.24, 2.45) is 7.05 Å². The second-order valence-electron chi connectivity index (χ2n) is 7.62. The highest BCUT2D eigenvalue weighted by molar-refractivity contribution is 7.89. The van der Waals surface area contributed by atoms with Gasteiger partial charge in [0.1, 0.15) is 5.82 Å². The summed E-state index contributed by atoms with van der Waals surface area (Å²) in [7, 11) is 0.117. The molecule has 31 heavy (non-hydrogen) atoms. The van der Waals surface area contributed by atoms with Crippen molar-refractivity contribution in [3.63, 3.8) is 0 Å². The van der Waals surface area contributed by atoms with Crippen LogP contribution in [0.5, 0.6) is 0 Å². The minimum absolute atomic E-state index is 0.00227. The van der Waals surface area contributed by atoms with Gasteiger partial charge in [-0.05, 0) is 42.8 Å². The zero-order valence-electron chi connectivity index (χ0n) is 18.8. The first kappa shape index (κ1) is 23.0.